The zero-order valence-electron chi connectivity index (χ0n) is 16.4. The number of methoxy groups -OCH3 is 2. The number of nitro groups is 1. The average Bonchev–Trinajstić information content (AvgIpc) is 2.72. The van der Waals surface area contributed by atoms with Crippen molar-refractivity contribution < 1.29 is 33.8 Å². The topological polar surface area (TPSA) is 137 Å². The molecule has 0 aliphatic rings. The van der Waals surface area contributed by atoms with Gasteiger partial charge in [-0.3, -0.25) is 14.9 Å². The van der Waals surface area contributed by atoms with Gasteiger partial charge in [0.15, 0.2) is 17.6 Å². The van der Waals surface area contributed by atoms with E-state index in [2.05, 4.69) is 5.32 Å². The Morgan fingerprint density at radius 2 is 1.83 bits per heavy atom. The Balaban J connectivity index is 2.02. The zero-order valence-corrected chi connectivity index (χ0v) is 16.4. The summed E-state index contributed by atoms with van der Waals surface area (Å²) in [7, 11) is 2.75. The molecule has 0 aromatic heterocycles. The summed E-state index contributed by atoms with van der Waals surface area (Å²) in [4.78, 5) is 34.6. The fourth-order valence-corrected chi connectivity index (χ4v) is 2.37. The number of nitrogens with one attached hydrogen (secondary N) is 1. The van der Waals surface area contributed by atoms with Crippen molar-refractivity contribution in [1.29, 1.82) is 0 Å². The Labute approximate surface area is 171 Å². The van der Waals surface area contributed by atoms with E-state index in [1.165, 1.54) is 51.5 Å². The largest absolute Gasteiger partial charge is 0.504 e. The van der Waals surface area contributed by atoms with Crippen LogP contribution in [-0.2, 0) is 14.3 Å². The number of non-ortho nitro benzene ring substituents is 1. The van der Waals surface area contributed by atoms with Gasteiger partial charge >= 0.3 is 5.97 Å². The van der Waals surface area contributed by atoms with Crippen LogP contribution >= 0.6 is 0 Å². The summed E-state index contributed by atoms with van der Waals surface area (Å²) in [6, 6.07) is 8.21. The number of rotatable bonds is 8. The van der Waals surface area contributed by atoms with Gasteiger partial charge in [0.2, 0.25) is 0 Å². The molecule has 0 aliphatic carbocycles. The third-order valence-electron chi connectivity index (χ3n) is 3.93. The van der Waals surface area contributed by atoms with Gasteiger partial charge in [-0.1, -0.05) is 6.07 Å². The normalized spacial score (nSPS) is 11.6. The smallest absolute Gasteiger partial charge is 0.331 e. The second-order valence-electron chi connectivity index (χ2n) is 5.97. The predicted octanol–water partition coefficient (Wildman–Crippen LogP) is 2.90. The highest BCUT2D eigenvalue weighted by atomic mass is 16.6. The van der Waals surface area contributed by atoms with Crippen molar-refractivity contribution in [2.45, 2.75) is 13.0 Å². The molecule has 1 atom stereocenters. The van der Waals surface area contributed by atoms with Crippen LogP contribution in [0.3, 0.4) is 0 Å². The number of hydrogen-bond acceptors (Lipinski definition) is 8. The maximum Gasteiger partial charge on any atom is 0.331 e. The number of carbonyl (C=O) groups excluding carboxylic acids is 2. The van der Waals surface area contributed by atoms with Gasteiger partial charge in [0, 0.05) is 18.2 Å². The number of phenolic OH excluding ortho intramolecular Hbond substituents is 1. The lowest BCUT2D eigenvalue weighted by Crippen LogP contribution is -2.29. The summed E-state index contributed by atoms with van der Waals surface area (Å²) in [6.45, 7) is 1.36. The van der Waals surface area contributed by atoms with E-state index in [1.54, 1.807) is 6.07 Å². The zero-order chi connectivity index (χ0) is 22.3. The molecule has 2 aromatic rings. The summed E-state index contributed by atoms with van der Waals surface area (Å²) < 4.78 is 15.1. The van der Waals surface area contributed by atoms with Crippen molar-refractivity contribution in [2.75, 3.05) is 19.5 Å². The number of phenols is 1. The maximum atomic E-state index is 12.3. The minimum atomic E-state index is -1.18. The highest BCUT2D eigenvalue weighted by Gasteiger charge is 2.20. The fourth-order valence-electron chi connectivity index (χ4n) is 2.37. The molecule has 2 rings (SSSR count). The number of amides is 1. The lowest BCUT2D eigenvalue weighted by Gasteiger charge is -2.14. The maximum absolute atomic E-state index is 12.3. The number of anilines is 1. The molecule has 2 N–H and O–H groups in total. The molecule has 0 radical (unpaired) electrons. The molecule has 1 amide bonds. The summed E-state index contributed by atoms with van der Waals surface area (Å²) in [5, 5.41) is 22.9. The number of benzene rings is 2. The minimum Gasteiger partial charge on any atom is -0.504 e. The van der Waals surface area contributed by atoms with Crippen molar-refractivity contribution >= 4 is 29.3 Å². The second kappa shape index (κ2) is 9.92. The van der Waals surface area contributed by atoms with Crippen LogP contribution in [0.4, 0.5) is 11.4 Å². The minimum absolute atomic E-state index is 0.0425. The lowest BCUT2D eigenvalue weighted by atomic mass is 10.2. The van der Waals surface area contributed by atoms with E-state index >= 15 is 0 Å². The predicted molar refractivity (Wildman–Crippen MR) is 108 cm³/mol. The van der Waals surface area contributed by atoms with E-state index in [1.807, 2.05) is 0 Å². The first-order chi connectivity index (χ1) is 14.2. The number of aromatic hydroxyl groups is 1. The third-order valence-corrected chi connectivity index (χ3v) is 3.93. The van der Waals surface area contributed by atoms with E-state index < -0.39 is 22.9 Å². The van der Waals surface area contributed by atoms with Gasteiger partial charge in [0.05, 0.1) is 24.8 Å². The highest BCUT2D eigenvalue weighted by molar-refractivity contribution is 5.97. The number of nitrogens with zero attached hydrogens (tertiary/aromatic N) is 1. The SMILES string of the molecule is COc1cc(C=CC(=O)OC(C)C(=O)Nc2cc([N+](=O)[O-])ccc2OC)ccc1O. The molecule has 158 valence electrons. The Bertz CT molecular complexity index is 987. The van der Waals surface area contributed by atoms with Crippen LogP contribution in [0.5, 0.6) is 17.2 Å². The van der Waals surface area contributed by atoms with E-state index in [0.717, 1.165) is 12.1 Å². The molecule has 1 unspecified atom stereocenters. The van der Waals surface area contributed by atoms with Gasteiger partial charge in [0.1, 0.15) is 5.75 Å². The van der Waals surface area contributed by atoms with Crippen LogP contribution in [-0.4, -0.2) is 42.2 Å². The Kier molecular flexibility index (Phi) is 7.34. The highest BCUT2D eigenvalue weighted by Crippen LogP contribution is 2.29. The number of ether oxygens (including phenoxy) is 3. The Morgan fingerprint density at radius 1 is 1.13 bits per heavy atom. The van der Waals surface area contributed by atoms with Gasteiger partial charge in [-0.2, -0.15) is 0 Å². The molecule has 0 heterocycles. The van der Waals surface area contributed by atoms with Crippen LogP contribution in [0, 0.1) is 10.1 Å². The van der Waals surface area contributed by atoms with E-state index in [4.69, 9.17) is 14.2 Å². The van der Waals surface area contributed by atoms with Gasteiger partial charge in [-0.05, 0) is 36.8 Å². The molecule has 0 saturated carbocycles. The quantitative estimate of drug-likeness (QED) is 0.290. The first kappa shape index (κ1) is 22.2. The van der Waals surface area contributed by atoms with E-state index in [9.17, 15) is 24.8 Å². The number of hydrogen-bond donors (Lipinski definition) is 2. The van der Waals surface area contributed by atoms with Crippen molar-refractivity contribution in [3.63, 3.8) is 0 Å². The summed E-state index contributed by atoms with van der Waals surface area (Å²) in [6.07, 6.45) is 1.36. The number of nitro benzene ring substituents is 1. The average molecular weight is 416 g/mol. The molecular formula is C20H20N2O8. The van der Waals surface area contributed by atoms with E-state index in [-0.39, 0.29) is 28.6 Å². The van der Waals surface area contributed by atoms with Gasteiger partial charge < -0.3 is 24.6 Å². The molecule has 0 fully saturated rings. The van der Waals surface area contributed by atoms with Crippen LogP contribution in [0.1, 0.15) is 12.5 Å². The molecular weight excluding hydrogens is 396 g/mol. The Hall–Kier alpha value is -4.08. The van der Waals surface area contributed by atoms with Crippen molar-refractivity contribution in [3.8, 4) is 17.2 Å². The Morgan fingerprint density at radius 3 is 2.47 bits per heavy atom. The first-order valence-electron chi connectivity index (χ1n) is 8.64. The summed E-state index contributed by atoms with van der Waals surface area (Å²) in [5.74, 6) is -1.06. The molecule has 30 heavy (non-hydrogen) atoms. The molecule has 0 saturated heterocycles. The summed E-state index contributed by atoms with van der Waals surface area (Å²) in [5.41, 5.74) is 0.411. The molecule has 0 bridgehead atoms. The van der Waals surface area contributed by atoms with Crippen molar-refractivity contribution in [2.24, 2.45) is 0 Å². The standard InChI is InChI=1S/C20H20N2O8/c1-12(20(25)21-15-11-14(22(26)27)6-8-17(15)28-2)30-19(24)9-5-13-4-7-16(23)18(10-13)29-3/h4-12,23H,1-3H3,(H,21,25). The van der Waals surface area contributed by atoms with Gasteiger partial charge in [-0.15, -0.1) is 0 Å². The lowest BCUT2D eigenvalue weighted by molar-refractivity contribution is -0.384. The molecule has 10 heteroatoms. The van der Waals surface area contributed by atoms with Gasteiger partial charge in [0.25, 0.3) is 11.6 Å². The fraction of sp³-hybridized carbons (Fsp3) is 0.200. The molecule has 0 spiro atoms. The molecule has 2 aromatic carbocycles. The summed E-state index contributed by atoms with van der Waals surface area (Å²) >= 11 is 0. The first-order valence-corrected chi connectivity index (χ1v) is 8.64. The van der Waals surface area contributed by atoms with Crippen LogP contribution < -0.4 is 14.8 Å². The molecule has 0 aliphatic heterocycles. The van der Waals surface area contributed by atoms with Crippen LogP contribution in [0.2, 0.25) is 0 Å². The third kappa shape index (κ3) is 5.71. The second-order valence-corrected chi connectivity index (χ2v) is 5.97. The number of esters is 1. The number of carbonyl (C=O) groups is 2. The van der Waals surface area contributed by atoms with Crippen LogP contribution in [0.15, 0.2) is 42.5 Å². The van der Waals surface area contributed by atoms with Gasteiger partial charge in [-0.25, -0.2) is 4.79 Å². The monoisotopic (exact) mass is 416 g/mol. The van der Waals surface area contributed by atoms with E-state index in [0.29, 0.717) is 5.56 Å². The van der Waals surface area contributed by atoms with Crippen molar-refractivity contribution in [3.05, 3.63) is 58.2 Å². The molecule has 10 nitrogen and oxygen atoms in total. The van der Waals surface area contributed by atoms with Crippen molar-refractivity contribution in [1.82, 2.24) is 0 Å². The van der Waals surface area contributed by atoms with Crippen LogP contribution in [0.25, 0.3) is 6.08 Å².